The highest BCUT2D eigenvalue weighted by atomic mass is 32.1. The number of amides is 1. The zero-order valence-electron chi connectivity index (χ0n) is 21.7. The molecule has 0 bridgehead atoms. The summed E-state index contributed by atoms with van der Waals surface area (Å²) >= 11 is 1.68. The Hall–Kier alpha value is -2.84. The number of pyridine rings is 2. The van der Waals surface area contributed by atoms with Crippen molar-refractivity contribution < 1.29 is 4.79 Å². The predicted octanol–water partition coefficient (Wildman–Crippen LogP) is 5.13. The zero-order valence-corrected chi connectivity index (χ0v) is 22.6. The molecule has 2 aliphatic rings. The fourth-order valence-electron chi connectivity index (χ4n) is 5.86. The van der Waals surface area contributed by atoms with Gasteiger partial charge in [-0.1, -0.05) is 13.0 Å². The number of nitrogen functional groups attached to an aromatic ring is 1. The van der Waals surface area contributed by atoms with E-state index in [-0.39, 0.29) is 11.9 Å². The number of fused-ring (bicyclic) bond motifs is 1. The summed E-state index contributed by atoms with van der Waals surface area (Å²) in [6.07, 6.45) is 13.6. The van der Waals surface area contributed by atoms with Gasteiger partial charge in [0.15, 0.2) is 5.13 Å². The summed E-state index contributed by atoms with van der Waals surface area (Å²) in [5, 5.41) is 3.96. The minimum atomic E-state index is -0.0296. The Kier molecular flexibility index (Phi) is 8.46. The minimum Gasteiger partial charge on any atom is -0.375 e. The molecule has 1 atom stereocenters. The molecule has 37 heavy (non-hydrogen) atoms. The molecule has 3 aromatic rings. The molecular weight excluding hydrogens is 480 g/mol. The molecule has 1 fully saturated rings. The number of nitrogens with two attached hydrogens (primary N) is 1. The highest BCUT2D eigenvalue weighted by Crippen LogP contribution is 2.32. The van der Waals surface area contributed by atoms with E-state index in [2.05, 4.69) is 32.1 Å². The van der Waals surface area contributed by atoms with E-state index in [1.165, 1.54) is 42.7 Å². The molecule has 0 saturated heterocycles. The van der Waals surface area contributed by atoms with Gasteiger partial charge in [0.1, 0.15) is 0 Å². The second-order valence-corrected chi connectivity index (χ2v) is 11.6. The van der Waals surface area contributed by atoms with Gasteiger partial charge in [0.25, 0.3) is 5.91 Å². The average molecular weight is 519 g/mol. The molecule has 3 heterocycles. The maximum absolute atomic E-state index is 12.8. The van der Waals surface area contributed by atoms with Crippen molar-refractivity contribution in [2.45, 2.75) is 76.8 Å². The van der Waals surface area contributed by atoms with Crippen molar-refractivity contribution in [3.63, 3.8) is 0 Å². The van der Waals surface area contributed by atoms with E-state index in [0.29, 0.717) is 16.7 Å². The number of hydrogen-bond donors (Lipinski definition) is 2. The van der Waals surface area contributed by atoms with Gasteiger partial charge in [-0.2, -0.15) is 0 Å². The second-order valence-electron chi connectivity index (χ2n) is 10.5. The molecule has 0 spiro atoms. The fraction of sp³-hybridized carbons (Fsp3) is 0.517. The van der Waals surface area contributed by atoms with Crippen molar-refractivity contribution in [2.75, 3.05) is 18.8 Å². The lowest BCUT2D eigenvalue weighted by Crippen LogP contribution is -2.41. The summed E-state index contributed by atoms with van der Waals surface area (Å²) in [6, 6.07) is 10.3. The van der Waals surface area contributed by atoms with Crippen LogP contribution < -0.4 is 11.1 Å². The SMILES string of the molecule is CCCN(CCC1CCC(NC(=O)c2ccc(-c3ccccn3)nc2)CC1)[C@H]1CCc2nc(N)sc2C1. The molecule has 196 valence electrons. The normalized spacial score (nSPS) is 21.5. The van der Waals surface area contributed by atoms with Gasteiger partial charge in [-0.25, -0.2) is 4.98 Å². The summed E-state index contributed by atoms with van der Waals surface area (Å²) < 4.78 is 0. The smallest absolute Gasteiger partial charge is 0.253 e. The summed E-state index contributed by atoms with van der Waals surface area (Å²) in [5.41, 5.74) is 9.39. The van der Waals surface area contributed by atoms with Crippen LogP contribution in [0.5, 0.6) is 0 Å². The third-order valence-electron chi connectivity index (χ3n) is 7.92. The van der Waals surface area contributed by atoms with Crippen molar-refractivity contribution >= 4 is 22.4 Å². The Morgan fingerprint density at radius 1 is 1.08 bits per heavy atom. The van der Waals surface area contributed by atoms with Gasteiger partial charge in [0.2, 0.25) is 0 Å². The predicted molar refractivity (Wildman–Crippen MR) is 150 cm³/mol. The Labute approximate surface area is 223 Å². The number of anilines is 1. The summed E-state index contributed by atoms with van der Waals surface area (Å²) in [5.74, 6) is 0.711. The van der Waals surface area contributed by atoms with Crippen molar-refractivity contribution in [1.29, 1.82) is 0 Å². The van der Waals surface area contributed by atoms with Gasteiger partial charge in [-0.15, -0.1) is 11.3 Å². The van der Waals surface area contributed by atoms with E-state index in [9.17, 15) is 4.79 Å². The van der Waals surface area contributed by atoms with Gasteiger partial charge in [0.05, 0.1) is 22.6 Å². The highest BCUT2D eigenvalue weighted by molar-refractivity contribution is 7.15. The maximum Gasteiger partial charge on any atom is 0.253 e. The first-order chi connectivity index (χ1) is 18.1. The third kappa shape index (κ3) is 6.54. The molecule has 0 aromatic carbocycles. The zero-order chi connectivity index (χ0) is 25.6. The van der Waals surface area contributed by atoms with E-state index in [1.807, 2.05) is 30.3 Å². The lowest BCUT2D eigenvalue weighted by molar-refractivity contribution is 0.0917. The number of hydrogen-bond acceptors (Lipinski definition) is 7. The van der Waals surface area contributed by atoms with Crippen molar-refractivity contribution in [1.82, 2.24) is 25.2 Å². The topological polar surface area (TPSA) is 97.0 Å². The highest BCUT2D eigenvalue weighted by Gasteiger charge is 2.28. The van der Waals surface area contributed by atoms with Crippen LogP contribution in [0, 0.1) is 5.92 Å². The number of nitrogens with one attached hydrogen (secondary N) is 1. The van der Waals surface area contributed by atoms with Crippen molar-refractivity contribution in [2.24, 2.45) is 5.92 Å². The van der Waals surface area contributed by atoms with Crippen LogP contribution in [0.2, 0.25) is 0 Å². The molecule has 1 amide bonds. The van der Waals surface area contributed by atoms with Crippen LogP contribution in [0.4, 0.5) is 5.13 Å². The molecule has 5 rings (SSSR count). The van der Waals surface area contributed by atoms with E-state index in [0.717, 1.165) is 56.1 Å². The van der Waals surface area contributed by atoms with Crippen LogP contribution in [0.15, 0.2) is 42.7 Å². The first kappa shape index (κ1) is 25.8. The third-order valence-corrected chi connectivity index (χ3v) is 8.87. The molecule has 0 radical (unpaired) electrons. The Morgan fingerprint density at radius 3 is 2.65 bits per heavy atom. The van der Waals surface area contributed by atoms with Gasteiger partial charge in [-0.3, -0.25) is 14.8 Å². The number of carbonyl (C=O) groups is 1. The molecule has 3 aromatic heterocycles. The quantitative estimate of drug-likeness (QED) is 0.408. The Morgan fingerprint density at radius 2 is 1.92 bits per heavy atom. The fourth-order valence-corrected chi connectivity index (χ4v) is 6.81. The number of aromatic nitrogens is 3. The summed E-state index contributed by atoms with van der Waals surface area (Å²) in [6.45, 7) is 4.60. The number of nitrogens with zero attached hydrogens (tertiary/aromatic N) is 4. The van der Waals surface area contributed by atoms with Crippen LogP contribution in [0.25, 0.3) is 11.4 Å². The standard InChI is InChI=1S/C29H38N6OS/c1-2-16-35(23-11-13-26-27(18-23)37-29(30)34-26)17-14-20-6-9-22(10-7-20)33-28(36)21-8-12-25(32-19-21)24-5-3-4-15-31-24/h3-5,8,12,15,19-20,22-23H,2,6-7,9-11,13-14,16-18H2,1H3,(H2,30,34)(H,33,36)/t20?,22?,23-/m0/s1. The number of rotatable bonds is 9. The van der Waals surface area contributed by atoms with E-state index < -0.39 is 0 Å². The number of aryl methyl sites for hydroxylation is 1. The first-order valence-electron chi connectivity index (χ1n) is 13.8. The minimum absolute atomic E-state index is 0.0296. The van der Waals surface area contributed by atoms with E-state index in [1.54, 1.807) is 23.7 Å². The first-order valence-corrected chi connectivity index (χ1v) is 14.6. The molecular formula is C29H38N6OS. The van der Waals surface area contributed by atoms with Crippen molar-refractivity contribution in [3.8, 4) is 11.4 Å². The van der Waals surface area contributed by atoms with E-state index in [4.69, 9.17) is 5.73 Å². The average Bonchev–Trinajstić information content (AvgIpc) is 3.31. The lowest BCUT2D eigenvalue weighted by atomic mass is 9.83. The Balaban J connectivity index is 1.07. The maximum atomic E-state index is 12.8. The van der Waals surface area contributed by atoms with Crippen LogP contribution in [0.1, 0.15) is 72.8 Å². The summed E-state index contributed by atoms with van der Waals surface area (Å²) in [7, 11) is 0. The van der Waals surface area contributed by atoms with Crippen molar-refractivity contribution in [3.05, 3.63) is 58.9 Å². The van der Waals surface area contributed by atoms with Crippen LogP contribution in [-0.2, 0) is 12.8 Å². The van der Waals surface area contributed by atoms with Gasteiger partial charge >= 0.3 is 0 Å². The van der Waals surface area contributed by atoms with Crippen LogP contribution >= 0.6 is 11.3 Å². The largest absolute Gasteiger partial charge is 0.375 e. The Bertz CT molecular complexity index is 1160. The molecule has 2 aliphatic carbocycles. The molecule has 0 unspecified atom stereocenters. The van der Waals surface area contributed by atoms with Crippen LogP contribution in [-0.4, -0.2) is 50.9 Å². The van der Waals surface area contributed by atoms with Gasteiger partial charge in [-0.05, 0) is 101 Å². The van der Waals surface area contributed by atoms with Gasteiger partial charge < -0.3 is 16.0 Å². The lowest BCUT2D eigenvalue weighted by Gasteiger charge is -2.36. The molecule has 8 heteroatoms. The molecule has 7 nitrogen and oxygen atoms in total. The number of thiazole rings is 1. The number of carbonyl (C=O) groups excluding carboxylic acids is 1. The molecule has 0 aliphatic heterocycles. The second kappa shape index (κ2) is 12.1. The molecule has 1 saturated carbocycles. The monoisotopic (exact) mass is 518 g/mol. The van der Waals surface area contributed by atoms with E-state index >= 15 is 0 Å². The molecule has 3 N–H and O–H groups in total. The summed E-state index contributed by atoms with van der Waals surface area (Å²) in [4.78, 5) is 30.2. The van der Waals surface area contributed by atoms with Gasteiger partial charge in [0, 0.05) is 29.4 Å². The van der Waals surface area contributed by atoms with Crippen LogP contribution in [0.3, 0.4) is 0 Å².